The third-order valence-electron chi connectivity index (χ3n) is 5.27. The summed E-state index contributed by atoms with van der Waals surface area (Å²) in [4.78, 5) is 26.6. The molecule has 1 aliphatic carbocycles. The minimum absolute atomic E-state index is 0.00366. The van der Waals surface area contributed by atoms with Crippen LogP contribution in [0.15, 0.2) is 47.1 Å². The van der Waals surface area contributed by atoms with Crippen LogP contribution in [0.25, 0.3) is 0 Å². The summed E-state index contributed by atoms with van der Waals surface area (Å²) in [6.07, 6.45) is 7.44. The van der Waals surface area contributed by atoms with Gasteiger partial charge in [-0.2, -0.15) is 0 Å². The van der Waals surface area contributed by atoms with Crippen LogP contribution in [-0.4, -0.2) is 28.5 Å². The van der Waals surface area contributed by atoms with Crippen molar-refractivity contribution in [1.29, 1.82) is 0 Å². The first-order valence-electron chi connectivity index (χ1n) is 9.55. The van der Waals surface area contributed by atoms with Crippen molar-refractivity contribution in [2.24, 2.45) is 0 Å². The van der Waals surface area contributed by atoms with Gasteiger partial charge in [0.25, 0.3) is 5.91 Å². The molecule has 2 heterocycles. The molecular formula is C21H24N2O3S. The lowest BCUT2D eigenvalue weighted by molar-refractivity contribution is -0.128. The molecule has 0 spiro atoms. The van der Waals surface area contributed by atoms with Crippen LogP contribution in [0.3, 0.4) is 0 Å². The lowest BCUT2D eigenvalue weighted by atomic mass is 9.95. The van der Waals surface area contributed by atoms with Gasteiger partial charge in [0.1, 0.15) is 11.1 Å². The molecule has 4 rings (SSSR count). The van der Waals surface area contributed by atoms with Gasteiger partial charge in [0.2, 0.25) is 5.91 Å². The number of rotatable bonds is 5. The lowest BCUT2D eigenvalue weighted by Crippen LogP contribution is -2.36. The third kappa shape index (κ3) is 4.21. The summed E-state index contributed by atoms with van der Waals surface area (Å²) in [6, 6.07) is 11.7. The van der Waals surface area contributed by atoms with E-state index in [1.165, 1.54) is 19.3 Å². The zero-order chi connectivity index (χ0) is 18.6. The number of carbonyl (C=O) groups excluding carboxylic acids is 2. The first-order chi connectivity index (χ1) is 13.2. The van der Waals surface area contributed by atoms with Crippen LogP contribution < -0.4 is 5.32 Å². The average molecular weight is 385 g/mol. The molecule has 5 nitrogen and oxygen atoms in total. The minimum atomic E-state index is -0.0435. The quantitative estimate of drug-likeness (QED) is 0.842. The molecule has 142 valence electrons. The first-order valence-corrected chi connectivity index (χ1v) is 10.6. The second kappa shape index (κ2) is 8.21. The van der Waals surface area contributed by atoms with Crippen molar-refractivity contribution in [2.45, 2.75) is 50.1 Å². The van der Waals surface area contributed by atoms with Gasteiger partial charge in [0, 0.05) is 11.6 Å². The molecule has 1 saturated heterocycles. The van der Waals surface area contributed by atoms with Crippen LogP contribution in [0.2, 0.25) is 0 Å². The Kier molecular flexibility index (Phi) is 5.53. The topological polar surface area (TPSA) is 62.6 Å². The predicted octanol–water partition coefficient (Wildman–Crippen LogP) is 4.12. The van der Waals surface area contributed by atoms with E-state index in [1.54, 1.807) is 18.0 Å². The van der Waals surface area contributed by atoms with E-state index in [0.717, 1.165) is 24.2 Å². The number of thioether (sulfide) groups is 1. The van der Waals surface area contributed by atoms with E-state index in [2.05, 4.69) is 5.32 Å². The van der Waals surface area contributed by atoms with Crippen molar-refractivity contribution in [2.75, 3.05) is 5.75 Å². The second-order valence-electron chi connectivity index (χ2n) is 7.19. The summed E-state index contributed by atoms with van der Waals surface area (Å²) < 4.78 is 5.39. The standard InChI is InChI=1S/C21H24N2O3S/c24-19-14-27-21(23(19)13-18-7-4-12-26-18)16-10-8-15(9-11-16)20(25)22-17-5-2-1-3-6-17/h4,7-12,17,21H,1-3,5-6,13-14H2,(H,22,25). The van der Waals surface area contributed by atoms with Crippen LogP contribution in [0, 0.1) is 0 Å². The molecule has 2 aliphatic rings. The Hall–Kier alpha value is -2.21. The maximum atomic E-state index is 12.5. The normalized spacial score (nSPS) is 20.8. The van der Waals surface area contributed by atoms with Crippen molar-refractivity contribution in [3.05, 3.63) is 59.5 Å². The molecule has 2 aromatic rings. The zero-order valence-electron chi connectivity index (χ0n) is 15.2. The van der Waals surface area contributed by atoms with Crippen molar-refractivity contribution in [3.63, 3.8) is 0 Å². The molecule has 2 fully saturated rings. The third-order valence-corrected chi connectivity index (χ3v) is 6.53. The number of hydrogen-bond donors (Lipinski definition) is 1. The number of nitrogens with zero attached hydrogens (tertiary/aromatic N) is 1. The van der Waals surface area contributed by atoms with Crippen LogP contribution in [0.5, 0.6) is 0 Å². The highest BCUT2D eigenvalue weighted by atomic mass is 32.2. The highest BCUT2D eigenvalue weighted by molar-refractivity contribution is 8.00. The van der Waals surface area contributed by atoms with Crippen molar-refractivity contribution < 1.29 is 14.0 Å². The number of benzene rings is 1. The molecule has 0 bridgehead atoms. The Morgan fingerprint density at radius 2 is 1.93 bits per heavy atom. The predicted molar refractivity (Wildman–Crippen MR) is 105 cm³/mol. The van der Waals surface area contributed by atoms with E-state index < -0.39 is 0 Å². The molecule has 1 saturated carbocycles. The van der Waals surface area contributed by atoms with E-state index in [4.69, 9.17) is 4.42 Å². The number of carbonyl (C=O) groups is 2. The van der Waals surface area contributed by atoms with E-state index >= 15 is 0 Å². The summed E-state index contributed by atoms with van der Waals surface area (Å²) in [7, 11) is 0. The summed E-state index contributed by atoms with van der Waals surface area (Å²) in [5.41, 5.74) is 1.71. The number of hydrogen-bond acceptors (Lipinski definition) is 4. The Balaban J connectivity index is 1.43. The lowest BCUT2D eigenvalue weighted by Gasteiger charge is -2.24. The molecular weight excluding hydrogens is 360 g/mol. The first kappa shape index (κ1) is 18.2. The highest BCUT2D eigenvalue weighted by Crippen LogP contribution is 2.39. The summed E-state index contributed by atoms with van der Waals surface area (Å²) in [6.45, 7) is 0.466. The Morgan fingerprint density at radius 1 is 1.15 bits per heavy atom. The van der Waals surface area contributed by atoms with E-state index in [1.807, 2.05) is 41.3 Å². The van der Waals surface area contributed by atoms with Gasteiger partial charge >= 0.3 is 0 Å². The Bertz CT molecular complexity index is 782. The van der Waals surface area contributed by atoms with Gasteiger partial charge in [-0.05, 0) is 42.7 Å². The number of furan rings is 1. The molecule has 1 aromatic carbocycles. The van der Waals surface area contributed by atoms with Gasteiger partial charge in [-0.25, -0.2) is 0 Å². The molecule has 2 amide bonds. The van der Waals surface area contributed by atoms with Crippen molar-refractivity contribution in [1.82, 2.24) is 10.2 Å². The molecule has 1 N–H and O–H groups in total. The summed E-state index contributed by atoms with van der Waals surface area (Å²) in [5, 5.41) is 3.11. The van der Waals surface area contributed by atoms with Gasteiger partial charge in [0.15, 0.2) is 0 Å². The minimum Gasteiger partial charge on any atom is -0.467 e. The fourth-order valence-electron chi connectivity index (χ4n) is 3.79. The van der Waals surface area contributed by atoms with Gasteiger partial charge in [-0.1, -0.05) is 31.4 Å². The van der Waals surface area contributed by atoms with Gasteiger partial charge in [-0.15, -0.1) is 11.8 Å². The van der Waals surface area contributed by atoms with Gasteiger partial charge in [-0.3, -0.25) is 9.59 Å². The average Bonchev–Trinajstić information content (AvgIpc) is 3.34. The molecule has 6 heteroatoms. The van der Waals surface area contributed by atoms with Gasteiger partial charge < -0.3 is 14.6 Å². The van der Waals surface area contributed by atoms with E-state index in [9.17, 15) is 9.59 Å². The van der Waals surface area contributed by atoms with Crippen LogP contribution in [-0.2, 0) is 11.3 Å². The van der Waals surface area contributed by atoms with Crippen LogP contribution >= 0.6 is 11.8 Å². The van der Waals surface area contributed by atoms with E-state index in [0.29, 0.717) is 23.9 Å². The Labute approximate surface area is 163 Å². The van der Waals surface area contributed by atoms with E-state index in [-0.39, 0.29) is 17.2 Å². The zero-order valence-corrected chi connectivity index (χ0v) is 16.0. The monoisotopic (exact) mass is 384 g/mol. The van der Waals surface area contributed by atoms with Crippen molar-refractivity contribution >= 4 is 23.6 Å². The Morgan fingerprint density at radius 3 is 2.63 bits per heavy atom. The maximum absolute atomic E-state index is 12.5. The smallest absolute Gasteiger partial charge is 0.251 e. The summed E-state index contributed by atoms with van der Waals surface area (Å²) in [5.74, 6) is 1.35. The second-order valence-corrected chi connectivity index (χ2v) is 8.26. The fourth-order valence-corrected chi connectivity index (χ4v) is 4.97. The SMILES string of the molecule is O=C(NC1CCCCC1)c1ccc(C2SCC(=O)N2Cc2ccco2)cc1. The molecule has 1 unspecified atom stereocenters. The largest absolute Gasteiger partial charge is 0.467 e. The van der Waals surface area contributed by atoms with Crippen LogP contribution in [0.1, 0.15) is 59.2 Å². The molecule has 0 radical (unpaired) electrons. The van der Waals surface area contributed by atoms with Crippen LogP contribution in [0.4, 0.5) is 0 Å². The number of amides is 2. The maximum Gasteiger partial charge on any atom is 0.251 e. The molecule has 1 aromatic heterocycles. The molecule has 1 atom stereocenters. The number of nitrogens with one attached hydrogen (secondary N) is 1. The molecule has 27 heavy (non-hydrogen) atoms. The van der Waals surface area contributed by atoms with Crippen molar-refractivity contribution in [3.8, 4) is 0 Å². The van der Waals surface area contributed by atoms with Gasteiger partial charge in [0.05, 0.1) is 18.6 Å². The molecule has 1 aliphatic heterocycles. The highest BCUT2D eigenvalue weighted by Gasteiger charge is 2.33. The fraction of sp³-hybridized carbons (Fsp3) is 0.429. The summed E-state index contributed by atoms with van der Waals surface area (Å²) >= 11 is 1.61.